The first-order chi connectivity index (χ1) is 17.7. The molecule has 37 heavy (non-hydrogen) atoms. The molecule has 2 saturated heterocycles. The van der Waals surface area contributed by atoms with Crippen molar-refractivity contribution in [2.75, 3.05) is 18.8 Å². The number of hydrogen-bond donors (Lipinski definition) is 2. The van der Waals surface area contributed by atoms with Gasteiger partial charge in [-0.3, -0.25) is 14.9 Å². The van der Waals surface area contributed by atoms with Gasteiger partial charge in [0.05, 0.1) is 16.5 Å². The van der Waals surface area contributed by atoms with Crippen molar-refractivity contribution >= 4 is 23.6 Å². The van der Waals surface area contributed by atoms with E-state index < -0.39 is 17.8 Å². The average Bonchev–Trinajstić information content (AvgIpc) is 3.31. The molecule has 1 spiro atoms. The summed E-state index contributed by atoms with van der Waals surface area (Å²) in [5, 5.41) is 6.21. The maximum atomic E-state index is 13.0. The van der Waals surface area contributed by atoms with E-state index in [1.54, 1.807) is 17.8 Å². The third-order valence-corrected chi connectivity index (χ3v) is 8.71. The second-order valence-electron chi connectivity index (χ2n) is 9.86. The van der Waals surface area contributed by atoms with Crippen molar-refractivity contribution in [3.05, 3.63) is 70.8 Å². The lowest BCUT2D eigenvalue weighted by atomic mass is 10.0. The van der Waals surface area contributed by atoms with E-state index in [0.29, 0.717) is 30.0 Å². The molecule has 4 rings (SSSR count). The monoisotopic (exact) mass is 533 g/mol. The molecule has 0 saturated carbocycles. The maximum absolute atomic E-state index is 13.0. The summed E-state index contributed by atoms with van der Waals surface area (Å²) in [5.41, 5.74) is 1.64. The van der Waals surface area contributed by atoms with Crippen molar-refractivity contribution in [1.29, 1.82) is 0 Å². The Bertz CT molecular complexity index is 1080. The third-order valence-electron chi connectivity index (χ3n) is 7.13. The zero-order valence-electron chi connectivity index (χ0n) is 21.1. The van der Waals surface area contributed by atoms with E-state index in [4.69, 9.17) is 0 Å². The number of unbranched alkanes of at least 4 members (excludes halogenated alkanes) is 2. The number of thioether (sulfide) groups is 1. The molecule has 9 heteroatoms. The molecular formula is C28H34F3N3O2S. The molecule has 2 N–H and O–H groups in total. The molecule has 1 atom stereocenters. The molecule has 2 amide bonds. The number of piperidine rings is 1. The molecule has 5 nitrogen and oxygen atoms in total. The maximum Gasteiger partial charge on any atom is 0.416 e. The van der Waals surface area contributed by atoms with Gasteiger partial charge >= 0.3 is 6.18 Å². The van der Waals surface area contributed by atoms with Crippen LogP contribution in [0.3, 0.4) is 0 Å². The van der Waals surface area contributed by atoms with Crippen molar-refractivity contribution < 1.29 is 22.8 Å². The fourth-order valence-corrected chi connectivity index (χ4v) is 6.31. The fourth-order valence-electron chi connectivity index (χ4n) is 4.89. The fraction of sp³-hybridized carbons (Fsp3) is 0.500. The topological polar surface area (TPSA) is 61.4 Å². The van der Waals surface area contributed by atoms with Crippen LogP contribution in [0.4, 0.5) is 13.2 Å². The van der Waals surface area contributed by atoms with Crippen LogP contribution in [0.5, 0.6) is 0 Å². The molecule has 0 aromatic heterocycles. The van der Waals surface area contributed by atoms with Crippen molar-refractivity contribution in [3.8, 4) is 0 Å². The van der Waals surface area contributed by atoms with Gasteiger partial charge in [0.1, 0.15) is 0 Å². The van der Waals surface area contributed by atoms with Gasteiger partial charge in [0.15, 0.2) is 0 Å². The summed E-state index contributed by atoms with van der Waals surface area (Å²) >= 11 is 1.69. The predicted molar refractivity (Wildman–Crippen MR) is 140 cm³/mol. The average molecular weight is 534 g/mol. The number of rotatable bonds is 8. The van der Waals surface area contributed by atoms with E-state index in [2.05, 4.69) is 17.6 Å². The van der Waals surface area contributed by atoms with Gasteiger partial charge in [-0.15, -0.1) is 11.8 Å². The standard InChI is InChI=1S/C28H34F3N3O2S/c1-2-3-4-6-20-9-11-22(12-10-20)26(36)34-15-13-27(14-16-34)33-24(19-37-27)25(35)32-18-21-7-5-8-23(17-21)28(29,30)31/h5,7-12,17,24,33H,2-4,6,13-16,18-19H2,1H3,(H,32,35). The van der Waals surface area contributed by atoms with E-state index in [1.807, 2.05) is 29.2 Å². The van der Waals surface area contributed by atoms with Gasteiger partial charge < -0.3 is 10.2 Å². The summed E-state index contributed by atoms with van der Waals surface area (Å²) in [6, 6.07) is 12.5. The molecule has 1 unspecified atom stereocenters. The minimum Gasteiger partial charge on any atom is -0.351 e. The highest BCUT2D eigenvalue weighted by Gasteiger charge is 2.44. The highest BCUT2D eigenvalue weighted by atomic mass is 32.2. The number of aryl methyl sites for hydroxylation is 1. The van der Waals surface area contributed by atoms with Crippen LogP contribution in [0.15, 0.2) is 48.5 Å². The van der Waals surface area contributed by atoms with Gasteiger partial charge in [-0.2, -0.15) is 13.2 Å². The van der Waals surface area contributed by atoms with Crippen LogP contribution >= 0.6 is 11.8 Å². The molecule has 0 aliphatic carbocycles. The van der Waals surface area contributed by atoms with E-state index in [1.165, 1.54) is 24.5 Å². The molecule has 2 aliphatic heterocycles. The lowest BCUT2D eigenvalue weighted by Crippen LogP contribution is -2.54. The molecule has 2 aromatic carbocycles. The summed E-state index contributed by atoms with van der Waals surface area (Å²) in [7, 11) is 0. The molecule has 0 bridgehead atoms. The van der Waals surface area contributed by atoms with Gasteiger partial charge in [-0.05, 0) is 61.1 Å². The second kappa shape index (κ2) is 11.9. The zero-order chi connectivity index (χ0) is 26.5. The number of carbonyl (C=O) groups is 2. The Morgan fingerprint density at radius 1 is 1.08 bits per heavy atom. The number of amides is 2. The minimum atomic E-state index is -4.41. The highest BCUT2D eigenvalue weighted by Crippen LogP contribution is 2.39. The first-order valence-electron chi connectivity index (χ1n) is 12.9. The smallest absolute Gasteiger partial charge is 0.351 e. The van der Waals surface area contributed by atoms with Crippen LogP contribution in [0.25, 0.3) is 0 Å². The van der Waals surface area contributed by atoms with Gasteiger partial charge in [0.25, 0.3) is 5.91 Å². The van der Waals surface area contributed by atoms with Crippen LogP contribution in [-0.2, 0) is 23.9 Å². The zero-order valence-corrected chi connectivity index (χ0v) is 21.9. The summed E-state index contributed by atoms with van der Waals surface area (Å²) in [6.07, 6.45) is 1.64. The number of carbonyl (C=O) groups excluding carboxylic acids is 2. The number of benzene rings is 2. The minimum absolute atomic E-state index is 0.0355. The molecular weight excluding hydrogens is 499 g/mol. The van der Waals surface area contributed by atoms with Crippen LogP contribution in [0.2, 0.25) is 0 Å². The first-order valence-corrected chi connectivity index (χ1v) is 13.9. The lowest BCUT2D eigenvalue weighted by molar-refractivity contribution is -0.137. The van der Waals surface area contributed by atoms with Crippen molar-refractivity contribution in [2.45, 2.75) is 69.1 Å². The number of halogens is 3. The Morgan fingerprint density at radius 2 is 1.81 bits per heavy atom. The number of nitrogens with one attached hydrogen (secondary N) is 2. The number of hydrogen-bond acceptors (Lipinski definition) is 4. The Kier molecular flexibility index (Phi) is 8.85. The van der Waals surface area contributed by atoms with E-state index in [9.17, 15) is 22.8 Å². The van der Waals surface area contributed by atoms with Crippen LogP contribution in [-0.4, -0.2) is 46.5 Å². The molecule has 2 heterocycles. The van der Waals surface area contributed by atoms with E-state index >= 15 is 0 Å². The number of likely N-dealkylation sites (tertiary alicyclic amines) is 1. The summed E-state index contributed by atoms with van der Waals surface area (Å²) in [6.45, 7) is 3.44. The highest BCUT2D eigenvalue weighted by molar-refractivity contribution is 8.01. The quantitative estimate of drug-likeness (QED) is 0.447. The first kappa shape index (κ1) is 27.5. The molecule has 2 fully saturated rings. The predicted octanol–water partition coefficient (Wildman–Crippen LogP) is 5.39. The molecule has 0 radical (unpaired) electrons. The van der Waals surface area contributed by atoms with Gasteiger partial charge in [-0.25, -0.2) is 0 Å². The van der Waals surface area contributed by atoms with E-state index in [-0.39, 0.29) is 23.2 Å². The van der Waals surface area contributed by atoms with Crippen molar-refractivity contribution in [3.63, 3.8) is 0 Å². The lowest BCUT2D eigenvalue weighted by Gasteiger charge is -2.39. The van der Waals surface area contributed by atoms with Gasteiger partial charge in [0.2, 0.25) is 5.91 Å². The Morgan fingerprint density at radius 3 is 2.49 bits per heavy atom. The van der Waals surface area contributed by atoms with Crippen LogP contribution in [0.1, 0.15) is 66.1 Å². The van der Waals surface area contributed by atoms with Crippen LogP contribution < -0.4 is 10.6 Å². The molecule has 2 aliphatic rings. The van der Waals surface area contributed by atoms with Gasteiger partial charge in [0, 0.05) is 31.0 Å². The SMILES string of the molecule is CCCCCc1ccc(C(=O)N2CCC3(CC2)NC(C(=O)NCc2cccc(C(F)(F)F)c2)CS3)cc1. The largest absolute Gasteiger partial charge is 0.416 e. The summed E-state index contributed by atoms with van der Waals surface area (Å²) < 4.78 is 38.8. The van der Waals surface area contributed by atoms with E-state index in [0.717, 1.165) is 37.8 Å². The number of alkyl halides is 3. The van der Waals surface area contributed by atoms with Crippen molar-refractivity contribution in [2.24, 2.45) is 0 Å². The second-order valence-corrected chi connectivity index (χ2v) is 11.3. The number of nitrogens with zero attached hydrogens (tertiary/aromatic N) is 1. The van der Waals surface area contributed by atoms with Crippen LogP contribution in [0, 0.1) is 0 Å². The Balaban J connectivity index is 1.25. The summed E-state index contributed by atoms with van der Waals surface area (Å²) in [5.74, 6) is 0.398. The normalized spacial score (nSPS) is 19.2. The molecule has 200 valence electrons. The van der Waals surface area contributed by atoms with Gasteiger partial charge in [-0.1, -0.05) is 44.0 Å². The third kappa shape index (κ3) is 7.08. The van der Waals surface area contributed by atoms with Crippen molar-refractivity contribution in [1.82, 2.24) is 15.5 Å². The Hall–Kier alpha value is -2.52. The Labute approximate surface area is 220 Å². The summed E-state index contributed by atoms with van der Waals surface area (Å²) in [4.78, 5) is 27.3. The molecule has 2 aromatic rings.